The summed E-state index contributed by atoms with van der Waals surface area (Å²) < 4.78 is 2.12. The van der Waals surface area contributed by atoms with Crippen molar-refractivity contribution < 1.29 is 9.90 Å². The second-order valence-corrected chi connectivity index (χ2v) is 6.63. The quantitative estimate of drug-likeness (QED) is 0.594. The molecule has 0 saturated heterocycles. The van der Waals surface area contributed by atoms with Gasteiger partial charge in [0, 0.05) is 17.5 Å². The number of nitrogens with zero attached hydrogens (tertiary/aromatic N) is 3. The van der Waals surface area contributed by atoms with Crippen LogP contribution in [0.5, 0.6) is 0 Å². The van der Waals surface area contributed by atoms with Crippen LogP contribution in [0.3, 0.4) is 0 Å². The second-order valence-electron chi connectivity index (χ2n) is 5.78. The molecule has 0 spiro atoms. The van der Waals surface area contributed by atoms with Gasteiger partial charge in [-0.25, -0.2) is 9.97 Å². The van der Waals surface area contributed by atoms with Gasteiger partial charge in [0.2, 0.25) is 0 Å². The summed E-state index contributed by atoms with van der Waals surface area (Å²) in [6, 6.07) is 16.2. The lowest BCUT2D eigenvalue weighted by atomic mass is 10.1. The zero-order valence-corrected chi connectivity index (χ0v) is 14.1. The number of para-hydroxylation sites is 2. The number of aliphatic carboxylic acids is 1. The van der Waals surface area contributed by atoms with E-state index in [1.807, 2.05) is 36.7 Å². The smallest absolute Gasteiger partial charge is 0.309 e. The molecule has 0 aliphatic carbocycles. The fourth-order valence-corrected chi connectivity index (χ4v) is 3.63. The number of benzene rings is 2. The zero-order valence-electron chi connectivity index (χ0n) is 13.3. The molecule has 2 aromatic carbocycles. The van der Waals surface area contributed by atoms with Crippen molar-refractivity contribution in [3.8, 4) is 10.6 Å². The maximum absolute atomic E-state index is 10.8. The van der Waals surface area contributed by atoms with E-state index < -0.39 is 5.97 Å². The molecule has 25 heavy (non-hydrogen) atoms. The Kier molecular flexibility index (Phi) is 4.03. The molecular weight excluding hydrogens is 334 g/mol. The van der Waals surface area contributed by atoms with Crippen LogP contribution in [0.15, 0.2) is 60.2 Å². The Hall–Kier alpha value is -2.99. The van der Waals surface area contributed by atoms with Gasteiger partial charge in [-0.2, -0.15) is 0 Å². The van der Waals surface area contributed by atoms with Gasteiger partial charge in [0.15, 0.2) is 0 Å². The molecule has 2 aromatic heterocycles. The third kappa shape index (κ3) is 3.29. The van der Waals surface area contributed by atoms with E-state index in [-0.39, 0.29) is 6.42 Å². The lowest BCUT2D eigenvalue weighted by molar-refractivity contribution is -0.136. The van der Waals surface area contributed by atoms with Crippen LogP contribution < -0.4 is 0 Å². The van der Waals surface area contributed by atoms with Crippen LogP contribution in [-0.2, 0) is 17.8 Å². The van der Waals surface area contributed by atoms with Gasteiger partial charge in [-0.05, 0) is 23.8 Å². The largest absolute Gasteiger partial charge is 0.481 e. The van der Waals surface area contributed by atoms with Crippen LogP contribution in [-0.4, -0.2) is 25.6 Å². The monoisotopic (exact) mass is 349 g/mol. The Morgan fingerprint density at radius 1 is 1.16 bits per heavy atom. The SMILES string of the molecule is O=C(O)Cc1csc(-c2cccc(Cn3cnc4ccccc43)c2)n1. The summed E-state index contributed by atoms with van der Waals surface area (Å²) in [4.78, 5) is 19.7. The van der Waals surface area contributed by atoms with Crippen LogP contribution in [0.4, 0.5) is 0 Å². The molecule has 1 N–H and O–H groups in total. The normalized spacial score (nSPS) is 11.0. The summed E-state index contributed by atoms with van der Waals surface area (Å²) >= 11 is 1.47. The lowest BCUT2D eigenvalue weighted by Gasteiger charge is -2.06. The molecule has 0 fully saturated rings. The Bertz CT molecular complexity index is 1050. The molecule has 0 unspecified atom stereocenters. The highest BCUT2D eigenvalue weighted by Gasteiger charge is 2.09. The van der Waals surface area contributed by atoms with Crippen molar-refractivity contribution in [1.82, 2.24) is 14.5 Å². The topological polar surface area (TPSA) is 68.0 Å². The molecule has 4 rings (SSSR count). The van der Waals surface area contributed by atoms with E-state index in [9.17, 15) is 4.79 Å². The summed E-state index contributed by atoms with van der Waals surface area (Å²) in [6.07, 6.45) is 1.81. The molecule has 2 heterocycles. The Balaban J connectivity index is 1.61. The highest BCUT2D eigenvalue weighted by molar-refractivity contribution is 7.13. The maximum Gasteiger partial charge on any atom is 0.309 e. The van der Waals surface area contributed by atoms with Crippen molar-refractivity contribution in [2.45, 2.75) is 13.0 Å². The number of hydrogen-bond acceptors (Lipinski definition) is 4. The molecule has 0 saturated carbocycles. The summed E-state index contributed by atoms with van der Waals surface area (Å²) in [5.41, 5.74) is 4.83. The first-order valence-electron chi connectivity index (χ1n) is 7.84. The third-order valence-electron chi connectivity index (χ3n) is 3.94. The number of hydrogen-bond donors (Lipinski definition) is 1. The fraction of sp³-hybridized carbons (Fsp3) is 0.105. The number of rotatable bonds is 5. The Labute approximate surface area is 148 Å². The number of carbonyl (C=O) groups is 1. The third-order valence-corrected chi connectivity index (χ3v) is 4.88. The first kappa shape index (κ1) is 15.5. The van der Waals surface area contributed by atoms with Gasteiger partial charge < -0.3 is 9.67 Å². The van der Waals surface area contributed by atoms with E-state index in [0.29, 0.717) is 5.69 Å². The Morgan fingerprint density at radius 2 is 2.04 bits per heavy atom. The van der Waals surface area contributed by atoms with Gasteiger partial charge in [-0.3, -0.25) is 4.79 Å². The van der Waals surface area contributed by atoms with Crippen LogP contribution in [0.25, 0.3) is 21.6 Å². The molecule has 0 aliphatic rings. The summed E-state index contributed by atoms with van der Waals surface area (Å²) in [6.45, 7) is 0.724. The predicted octanol–water partition coefficient (Wildman–Crippen LogP) is 3.84. The maximum atomic E-state index is 10.8. The molecular formula is C19H15N3O2S. The number of fused-ring (bicyclic) bond motifs is 1. The van der Waals surface area contributed by atoms with Gasteiger partial charge in [0.1, 0.15) is 5.01 Å². The summed E-state index contributed by atoms with van der Waals surface area (Å²) in [7, 11) is 0. The molecule has 6 heteroatoms. The van der Waals surface area contributed by atoms with Gasteiger partial charge in [-0.1, -0.05) is 30.3 Å². The van der Waals surface area contributed by atoms with Crippen molar-refractivity contribution in [3.63, 3.8) is 0 Å². The van der Waals surface area contributed by atoms with Gasteiger partial charge in [-0.15, -0.1) is 11.3 Å². The summed E-state index contributed by atoms with van der Waals surface area (Å²) in [5, 5.41) is 11.5. The minimum Gasteiger partial charge on any atom is -0.481 e. The molecule has 0 atom stereocenters. The molecule has 0 radical (unpaired) electrons. The highest BCUT2D eigenvalue weighted by atomic mass is 32.1. The average molecular weight is 349 g/mol. The molecule has 0 aliphatic heterocycles. The van der Waals surface area contributed by atoms with Crippen LogP contribution in [0.2, 0.25) is 0 Å². The number of carboxylic acids is 1. The standard InChI is InChI=1S/C19H15N3O2S/c23-18(24)9-15-11-25-19(21-15)14-5-3-4-13(8-14)10-22-12-20-16-6-1-2-7-17(16)22/h1-8,11-12H,9-10H2,(H,23,24). The van der Waals surface area contributed by atoms with Crippen molar-refractivity contribution in [1.29, 1.82) is 0 Å². The van der Waals surface area contributed by atoms with Crippen molar-refractivity contribution >= 4 is 28.3 Å². The van der Waals surface area contributed by atoms with E-state index in [1.165, 1.54) is 11.3 Å². The average Bonchev–Trinajstić information content (AvgIpc) is 3.22. The molecule has 5 nitrogen and oxygen atoms in total. The molecule has 0 bridgehead atoms. The minimum absolute atomic E-state index is 0.0444. The highest BCUT2D eigenvalue weighted by Crippen LogP contribution is 2.25. The minimum atomic E-state index is -0.863. The first-order chi connectivity index (χ1) is 12.2. The second kappa shape index (κ2) is 6.49. The molecule has 4 aromatic rings. The first-order valence-corrected chi connectivity index (χ1v) is 8.72. The lowest BCUT2D eigenvalue weighted by Crippen LogP contribution is -2.00. The van der Waals surface area contributed by atoms with Crippen molar-refractivity contribution in [2.75, 3.05) is 0 Å². The van der Waals surface area contributed by atoms with E-state index in [1.54, 1.807) is 5.38 Å². The molecule has 0 amide bonds. The van der Waals surface area contributed by atoms with E-state index in [2.05, 4.69) is 32.7 Å². The van der Waals surface area contributed by atoms with Crippen LogP contribution in [0.1, 0.15) is 11.3 Å². The molecule has 124 valence electrons. The predicted molar refractivity (Wildman–Crippen MR) is 97.7 cm³/mol. The number of carboxylic acid groups (broad SMARTS) is 1. The van der Waals surface area contributed by atoms with Gasteiger partial charge >= 0.3 is 5.97 Å². The Morgan fingerprint density at radius 3 is 2.92 bits per heavy atom. The van der Waals surface area contributed by atoms with Crippen molar-refractivity contribution in [2.24, 2.45) is 0 Å². The van der Waals surface area contributed by atoms with Crippen molar-refractivity contribution in [3.05, 3.63) is 71.5 Å². The number of aromatic nitrogens is 3. The number of thiazole rings is 1. The van der Waals surface area contributed by atoms with Crippen LogP contribution in [0, 0.1) is 0 Å². The zero-order chi connectivity index (χ0) is 17.2. The van der Waals surface area contributed by atoms with Gasteiger partial charge in [0.25, 0.3) is 0 Å². The van der Waals surface area contributed by atoms with E-state index in [0.717, 1.165) is 33.7 Å². The van der Waals surface area contributed by atoms with E-state index in [4.69, 9.17) is 5.11 Å². The van der Waals surface area contributed by atoms with Gasteiger partial charge in [0.05, 0.1) is 29.5 Å². The van der Waals surface area contributed by atoms with E-state index >= 15 is 0 Å². The number of imidazole rings is 1. The fourth-order valence-electron chi connectivity index (χ4n) is 2.81. The van der Waals surface area contributed by atoms with Crippen LogP contribution >= 0.6 is 11.3 Å². The summed E-state index contributed by atoms with van der Waals surface area (Å²) in [5.74, 6) is -0.863.